The number of likely N-dealkylation sites (N-methyl/N-ethyl adjacent to an activating group) is 1. The van der Waals surface area contributed by atoms with Crippen molar-refractivity contribution in [3.05, 3.63) is 83.4 Å². The molecule has 40 heavy (non-hydrogen) atoms. The molecule has 1 unspecified atom stereocenters. The normalized spacial score (nSPS) is 16.9. The van der Waals surface area contributed by atoms with Crippen molar-refractivity contribution in [3.8, 4) is 5.75 Å². The summed E-state index contributed by atoms with van der Waals surface area (Å²) in [4.78, 5) is 33.8. The number of esters is 1. The van der Waals surface area contributed by atoms with E-state index in [-0.39, 0.29) is 24.4 Å². The zero-order chi connectivity index (χ0) is 28.2. The van der Waals surface area contributed by atoms with Crippen LogP contribution in [0.2, 0.25) is 0 Å². The number of hydrogen-bond donors (Lipinski definition) is 1. The summed E-state index contributed by atoms with van der Waals surface area (Å²) in [5.41, 5.74) is 4.70. The van der Waals surface area contributed by atoms with Crippen LogP contribution in [0.4, 0.5) is 11.7 Å². The van der Waals surface area contributed by atoms with Crippen LogP contribution in [-0.4, -0.2) is 73.1 Å². The summed E-state index contributed by atoms with van der Waals surface area (Å²) in [6.07, 6.45) is 1.07. The Hall–Kier alpha value is -4.37. The summed E-state index contributed by atoms with van der Waals surface area (Å²) >= 11 is 0. The standard InChI is InChI=1S/C31H34N4O5/c1-20-7-5-6-8-26(20)32-31-33-27-14-9-21(15-28(27)40-31)16-29(36)35-18-23(34(2)3)17-24(35)19-39-25-12-10-22(11-13-25)30(37)38-4/h5-15,23-24H,16-19H2,1-4H3,(H,32,33)/t23?,24-/m0/s1. The predicted molar refractivity (Wildman–Crippen MR) is 153 cm³/mol. The van der Waals surface area contributed by atoms with Gasteiger partial charge in [-0.1, -0.05) is 24.3 Å². The largest absolute Gasteiger partial charge is 0.491 e. The van der Waals surface area contributed by atoms with Gasteiger partial charge in [0.15, 0.2) is 5.58 Å². The van der Waals surface area contributed by atoms with Gasteiger partial charge in [-0.2, -0.15) is 4.98 Å². The summed E-state index contributed by atoms with van der Waals surface area (Å²) in [6.45, 7) is 3.02. The lowest BCUT2D eigenvalue weighted by atomic mass is 10.1. The highest BCUT2D eigenvalue weighted by molar-refractivity contribution is 5.89. The van der Waals surface area contributed by atoms with Crippen molar-refractivity contribution in [2.24, 2.45) is 0 Å². The molecule has 208 valence electrons. The summed E-state index contributed by atoms with van der Waals surface area (Å²) in [5.74, 6) is 0.283. The summed E-state index contributed by atoms with van der Waals surface area (Å²) in [7, 11) is 5.41. The van der Waals surface area contributed by atoms with E-state index < -0.39 is 5.97 Å². The maximum absolute atomic E-state index is 13.5. The molecule has 1 fully saturated rings. The van der Waals surface area contributed by atoms with Gasteiger partial charge in [0.1, 0.15) is 17.9 Å². The Kier molecular flexibility index (Phi) is 8.02. The fourth-order valence-corrected chi connectivity index (χ4v) is 4.96. The second-order valence-corrected chi connectivity index (χ2v) is 10.3. The van der Waals surface area contributed by atoms with Crippen LogP contribution in [0.5, 0.6) is 5.75 Å². The first-order chi connectivity index (χ1) is 19.3. The zero-order valence-electron chi connectivity index (χ0n) is 23.2. The van der Waals surface area contributed by atoms with Gasteiger partial charge in [-0.3, -0.25) is 4.79 Å². The fraction of sp³-hybridized carbons (Fsp3) is 0.323. The number of rotatable bonds is 9. The molecule has 2 atom stereocenters. The molecule has 9 nitrogen and oxygen atoms in total. The first kappa shape index (κ1) is 27.2. The van der Waals surface area contributed by atoms with Crippen molar-refractivity contribution in [3.63, 3.8) is 0 Å². The maximum Gasteiger partial charge on any atom is 0.337 e. The number of aryl methyl sites for hydroxylation is 1. The number of benzene rings is 3. The lowest BCUT2D eigenvalue weighted by molar-refractivity contribution is -0.131. The van der Waals surface area contributed by atoms with Crippen LogP contribution in [0.15, 0.2) is 71.1 Å². The number of carbonyl (C=O) groups is 2. The minimum Gasteiger partial charge on any atom is -0.491 e. The Morgan fingerprint density at radius 3 is 2.60 bits per heavy atom. The van der Waals surface area contributed by atoms with Gasteiger partial charge < -0.3 is 29.0 Å². The van der Waals surface area contributed by atoms with Crippen LogP contribution >= 0.6 is 0 Å². The third-order valence-corrected chi connectivity index (χ3v) is 7.36. The van der Waals surface area contributed by atoms with Gasteiger partial charge in [0.2, 0.25) is 5.91 Å². The number of fused-ring (bicyclic) bond motifs is 1. The first-order valence-electron chi connectivity index (χ1n) is 13.3. The van der Waals surface area contributed by atoms with E-state index >= 15 is 0 Å². The SMILES string of the molecule is COC(=O)c1ccc(OC[C@@H]2CC(N(C)C)CN2C(=O)Cc2ccc3nc(Nc4ccccc4C)oc3c2)cc1. The van der Waals surface area contributed by atoms with Crippen LogP contribution in [-0.2, 0) is 16.0 Å². The van der Waals surface area contributed by atoms with E-state index in [0.717, 1.165) is 28.8 Å². The third-order valence-electron chi connectivity index (χ3n) is 7.36. The molecule has 1 saturated heterocycles. The number of oxazole rings is 1. The number of para-hydroxylation sites is 1. The van der Waals surface area contributed by atoms with Crippen LogP contribution in [0.1, 0.15) is 27.9 Å². The molecule has 1 aromatic heterocycles. The minimum atomic E-state index is -0.393. The highest BCUT2D eigenvalue weighted by Crippen LogP contribution is 2.27. The molecule has 1 aliphatic heterocycles. The van der Waals surface area contributed by atoms with Crippen LogP contribution in [0, 0.1) is 6.92 Å². The van der Waals surface area contributed by atoms with Gasteiger partial charge in [0.05, 0.1) is 25.1 Å². The Morgan fingerprint density at radius 2 is 1.88 bits per heavy atom. The molecule has 4 aromatic rings. The van der Waals surface area contributed by atoms with Crippen molar-refractivity contribution in [2.45, 2.75) is 31.8 Å². The molecule has 1 aliphatic rings. The number of methoxy groups -OCH3 is 1. The van der Waals surface area contributed by atoms with E-state index in [9.17, 15) is 9.59 Å². The second kappa shape index (κ2) is 11.8. The van der Waals surface area contributed by atoms with E-state index in [4.69, 9.17) is 13.9 Å². The van der Waals surface area contributed by atoms with Gasteiger partial charge in [-0.15, -0.1) is 0 Å². The van der Waals surface area contributed by atoms with Crippen LogP contribution in [0.25, 0.3) is 11.1 Å². The molecular weight excluding hydrogens is 508 g/mol. The molecule has 1 N–H and O–H groups in total. The molecule has 1 amide bonds. The molecule has 0 spiro atoms. The molecule has 5 rings (SSSR count). The molecule has 0 aliphatic carbocycles. The molecule has 0 saturated carbocycles. The van der Waals surface area contributed by atoms with Gasteiger partial charge in [-0.25, -0.2) is 4.79 Å². The number of amides is 1. The number of anilines is 2. The van der Waals surface area contributed by atoms with Crippen molar-refractivity contribution < 1.29 is 23.5 Å². The van der Waals surface area contributed by atoms with Gasteiger partial charge in [0, 0.05) is 18.3 Å². The van der Waals surface area contributed by atoms with Crippen molar-refractivity contribution in [1.29, 1.82) is 0 Å². The lowest BCUT2D eigenvalue weighted by Crippen LogP contribution is -2.40. The van der Waals surface area contributed by atoms with Gasteiger partial charge in [-0.05, 0) is 81.0 Å². The monoisotopic (exact) mass is 542 g/mol. The maximum atomic E-state index is 13.5. The van der Waals surface area contributed by atoms with E-state index in [1.807, 2.05) is 68.4 Å². The number of likely N-dealkylation sites (tertiary alicyclic amines) is 1. The van der Waals surface area contributed by atoms with Gasteiger partial charge >= 0.3 is 5.97 Å². The van der Waals surface area contributed by atoms with E-state index in [0.29, 0.717) is 36.1 Å². The predicted octanol–water partition coefficient (Wildman–Crippen LogP) is 4.82. The Morgan fingerprint density at radius 1 is 1.10 bits per heavy atom. The van der Waals surface area contributed by atoms with E-state index in [1.54, 1.807) is 24.3 Å². The van der Waals surface area contributed by atoms with Crippen molar-refractivity contribution in [2.75, 3.05) is 39.7 Å². The van der Waals surface area contributed by atoms with Gasteiger partial charge in [0.25, 0.3) is 6.01 Å². The van der Waals surface area contributed by atoms with Crippen molar-refractivity contribution >= 4 is 34.7 Å². The zero-order valence-corrected chi connectivity index (χ0v) is 23.2. The average Bonchev–Trinajstić information content (AvgIpc) is 3.57. The summed E-state index contributed by atoms with van der Waals surface area (Å²) in [5, 5.41) is 3.23. The molecular formula is C31H34N4O5. The van der Waals surface area contributed by atoms with E-state index in [1.165, 1.54) is 7.11 Å². The Balaban J connectivity index is 1.26. The first-order valence-corrected chi connectivity index (χ1v) is 13.3. The summed E-state index contributed by atoms with van der Waals surface area (Å²) < 4.78 is 16.8. The number of nitrogens with one attached hydrogen (secondary N) is 1. The molecule has 3 aromatic carbocycles. The van der Waals surface area contributed by atoms with E-state index in [2.05, 4.69) is 15.2 Å². The number of carbonyl (C=O) groups excluding carboxylic acids is 2. The molecule has 0 bridgehead atoms. The quantitative estimate of drug-likeness (QED) is 0.301. The number of hydrogen-bond acceptors (Lipinski definition) is 8. The molecule has 2 heterocycles. The van der Waals surface area contributed by atoms with Crippen LogP contribution in [0.3, 0.4) is 0 Å². The van der Waals surface area contributed by atoms with Crippen LogP contribution < -0.4 is 10.1 Å². The Bertz CT molecular complexity index is 1500. The average molecular weight is 543 g/mol. The van der Waals surface area contributed by atoms with Crippen molar-refractivity contribution in [1.82, 2.24) is 14.8 Å². The fourth-order valence-electron chi connectivity index (χ4n) is 4.96. The smallest absolute Gasteiger partial charge is 0.337 e. The highest BCUT2D eigenvalue weighted by Gasteiger charge is 2.36. The number of nitrogens with zero attached hydrogens (tertiary/aromatic N) is 3. The molecule has 0 radical (unpaired) electrons. The minimum absolute atomic E-state index is 0.0381. The lowest BCUT2D eigenvalue weighted by Gasteiger charge is -2.25. The highest BCUT2D eigenvalue weighted by atomic mass is 16.5. The molecule has 9 heteroatoms. The second-order valence-electron chi connectivity index (χ2n) is 10.3. The topological polar surface area (TPSA) is 97.1 Å². The third kappa shape index (κ3) is 6.10. The Labute approximate surface area is 233 Å². The number of aromatic nitrogens is 1. The number of ether oxygens (including phenoxy) is 2. The summed E-state index contributed by atoms with van der Waals surface area (Å²) in [6, 6.07) is 21.0.